The number of hydrogen-bond donors (Lipinski definition) is 0. The Bertz CT molecular complexity index is 812. The van der Waals surface area contributed by atoms with Crippen LogP contribution < -0.4 is 0 Å². The van der Waals surface area contributed by atoms with Crippen LogP contribution in [0.1, 0.15) is 31.9 Å². The van der Waals surface area contributed by atoms with E-state index in [0.717, 1.165) is 16.8 Å². The SMILES string of the molecule is CO/N=C(\C1=NOCCO1)c1ccccc1/C=N/N=C(C)/C(=N/OC)C(C)C. The lowest BCUT2D eigenvalue weighted by molar-refractivity contribution is 0.0672. The third-order valence-electron chi connectivity index (χ3n) is 3.67. The molecule has 1 aromatic carbocycles. The second kappa shape index (κ2) is 10.8. The van der Waals surface area contributed by atoms with Crippen molar-refractivity contribution in [2.75, 3.05) is 27.4 Å². The van der Waals surface area contributed by atoms with E-state index in [0.29, 0.717) is 24.6 Å². The van der Waals surface area contributed by atoms with Crippen molar-refractivity contribution in [3.63, 3.8) is 0 Å². The van der Waals surface area contributed by atoms with Gasteiger partial charge in [0.25, 0.3) is 5.90 Å². The van der Waals surface area contributed by atoms with Crippen molar-refractivity contribution in [2.24, 2.45) is 31.6 Å². The van der Waals surface area contributed by atoms with Gasteiger partial charge in [0.1, 0.15) is 26.5 Å². The maximum Gasteiger partial charge on any atom is 0.280 e. The smallest absolute Gasteiger partial charge is 0.280 e. The van der Waals surface area contributed by atoms with E-state index in [2.05, 4.69) is 25.7 Å². The largest absolute Gasteiger partial charge is 0.470 e. The Hall–Kier alpha value is -3.23. The second-order valence-corrected chi connectivity index (χ2v) is 6.03. The summed E-state index contributed by atoms with van der Waals surface area (Å²) in [5.41, 5.74) is 3.30. The molecular formula is C19H25N5O4. The lowest BCUT2D eigenvalue weighted by Crippen LogP contribution is -2.26. The summed E-state index contributed by atoms with van der Waals surface area (Å²) < 4.78 is 5.54. The summed E-state index contributed by atoms with van der Waals surface area (Å²) in [6, 6.07) is 7.50. The van der Waals surface area contributed by atoms with Crippen LogP contribution in [0.15, 0.2) is 49.9 Å². The lowest BCUT2D eigenvalue weighted by atomic mass is 10.0. The van der Waals surface area contributed by atoms with Crippen LogP contribution in [0.3, 0.4) is 0 Å². The van der Waals surface area contributed by atoms with Crippen LogP contribution in [-0.2, 0) is 19.2 Å². The van der Waals surface area contributed by atoms with Gasteiger partial charge >= 0.3 is 0 Å². The first-order valence-electron chi connectivity index (χ1n) is 8.81. The molecule has 0 radical (unpaired) electrons. The van der Waals surface area contributed by atoms with E-state index in [-0.39, 0.29) is 11.8 Å². The van der Waals surface area contributed by atoms with Gasteiger partial charge in [-0.2, -0.15) is 10.2 Å². The van der Waals surface area contributed by atoms with Gasteiger partial charge in [-0.05, 0) is 12.1 Å². The fourth-order valence-corrected chi connectivity index (χ4v) is 2.45. The van der Waals surface area contributed by atoms with Gasteiger partial charge in [-0.25, -0.2) is 0 Å². The Kier molecular flexibility index (Phi) is 8.13. The summed E-state index contributed by atoms with van der Waals surface area (Å²) in [6.45, 7) is 6.63. The molecule has 0 saturated heterocycles. The predicted molar refractivity (Wildman–Crippen MR) is 109 cm³/mol. The zero-order chi connectivity index (χ0) is 20.4. The Morgan fingerprint density at radius 3 is 2.54 bits per heavy atom. The normalized spacial score (nSPS) is 15.9. The Balaban J connectivity index is 2.34. The van der Waals surface area contributed by atoms with Crippen molar-refractivity contribution in [1.82, 2.24) is 0 Å². The summed E-state index contributed by atoms with van der Waals surface area (Å²) in [4.78, 5) is 14.9. The highest BCUT2D eigenvalue weighted by Gasteiger charge is 2.20. The van der Waals surface area contributed by atoms with Crippen LogP contribution >= 0.6 is 0 Å². The molecule has 9 nitrogen and oxygen atoms in total. The molecule has 0 unspecified atom stereocenters. The number of rotatable bonds is 8. The predicted octanol–water partition coefficient (Wildman–Crippen LogP) is 2.85. The minimum Gasteiger partial charge on any atom is -0.470 e. The van der Waals surface area contributed by atoms with E-state index < -0.39 is 0 Å². The molecule has 0 saturated carbocycles. The number of benzene rings is 1. The fourth-order valence-electron chi connectivity index (χ4n) is 2.45. The fraction of sp³-hybridized carbons (Fsp3) is 0.421. The maximum atomic E-state index is 5.54. The zero-order valence-corrected chi connectivity index (χ0v) is 16.7. The van der Waals surface area contributed by atoms with Gasteiger partial charge in [0.15, 0.2) is 12.3 Å². The van der Waals surface area contributed by atoms with Crippen LogP contribution in [0.25, 0.3) is 0 Å². The van der Waals surface area contributed by atoms with Crippen molar-refractivity contribution in [1.29, 1.82) is 0 Å². The van der Waals surface area contributed by atoms with Gasteiger partial charge in [-0.3, -0.25) is 0 Å². The van der Waals surface area contributed by atoms with E-state index in [9.17, 15) is 0 Å². The Morgan fingerprint density at radius 1 is 1.14 bits per heavy atom. The van der Waals surface area contributed by atoms with Crippen LogP contribution in [0.4, 0.5) is 0 Å². The summed E-state index contributed by atoms with van der Waals surface area (Å²) in [6.07, 6.45) is 1.62. The van der Waals surface area contributed by atoms with E-state index in [1.165, 1.54) is 14.2 Å². The molecule has 0 bridgehead atoms. The van der Waals surface area contributed by atoms with Crippen LogP contribution in [0, 0.1) is 5.92 Å². The molecular weight excluding hydrogens is 362 g/mol. The molecule has 150 valence electrons. The molecule has 1 aromatic rings. The molecule has 2 rings (SSSR count). The number of ether oxygens (including phenoxy) is 1. The first-order valence-corrected chi connectivity index (χ1v) is 8.81. The average molecular weight is 387 g/mol. The third-order valence-corrected chi connectivity index (χ3v) is 3.67. The van der Waals surface area contributed by atoms with E-state index in [4.69, 9.17) is 19.2 Å². The molecule has 0 aromatic heterocycles. The average Bonchev–Trinajstić information content (AvgIpc) is 2.71. The maximum absolute atomic E-state index is 5.54. The molecule has 1 aliphatic rings. The van der Waals surface area contributed by atoms with Gasteiger partial charge in [0, 0.05) is 17.0 Å². The molecule has 0 N–H and O–H groups in total. The summed E-state index contributed by atoms with van der Waals surface area (Å²) in [5.74, 6) is 0.413. The van der Waals surface area contributed by atoms with Crippen molar-refractivity contribution in [3.05, 3.63) is 35.4 Å². The quantitative estimate of drug-likeness (QED) is 0.506. The zero-order valence-electron chi connectivity index (χ0n) is 16.7. The van der Waals surface area contributed by atoms with Crippen molar-refractivity contribution < 1.29 is 19.2 Å². The van der Waals surface area contributed by atoms with Gasteiger partial charge in [-0.15, -0.1) is 0 Å². The first kappa shape index (κ1) is 21.1. The Morgan fingerprint density at radius 2 is 1.89 bits per heavy atom. The molecule has 1 heterocycles. The summed E-state index contributed by atoms with van der Waals surface area (Å²) in [7, 11) is 2.96. The summed E-state index contributed by atoms with van der Waals surface area (Å²) in [5, 5.41) is 20.4. The summed E-state index contributed by atoms with van der Waals surface area (Å²) >= 11 is 0. The molecule has 0 fully saturated rings. The minimum atomic E-state index is 0.160. The minimum absolute atomic E-state index is 0.160. The highest BCUT2D eigenvalue weighted by atomic mass is 16.7. The number of nitrogens with zero attached hydrogens (tertiary/aromatic N) is 5. The van der Waals surface area contributed by atoms with Crippen LogP contribution in [0.2, 0.25) is 0 Å². The number of hydrogen-bond acceptors (Lipinski definition) is 9. The highest BCUT2D eigenvalue weighted by Crippen LogP contribution is 2.12. The van der Waals surface area contributed by atoms with Crippen molar-refractivity contribution in [2.45, 2.75) is 20.8 Å². The van der Waals surface area contributed by atoms with Gasteiger partial charge < -0.3 is 19.2 Å². The molecule has 0 aliphatic carbocycles. The molecule has 9 heteroatoms. The van der Waals surface area contributed by atoms with Crippen LogP contribution in [0.5, 0.6) is 0 Å². The van der Waals surface area contributed by atoms with Gasteiger partial charge in [-0.1, -0.05) is 48.4 Å². The van der Waals surface area contributed by atoms with Gasteiger partial charge in [0.2, 0.25) is 0 Å². The molecule has 0 amide bonds. The second-order valence-electron chi connectivity index (χ2n) is 6.03. The highest BCUT2D eigenvalue weighted by molar-refractivity contribution is 6.46. The van der Waals surface area contributed by atoms with Crippen LogP contribution in [-0.4, -0.2) is 56.7 Å². The topological polar surface area (TPSA) is 98.7 Å². The molecule has 0 atom stereocenters. The van der Waals surface area contributed by atoms with Gasteiger partial charge in [0.05, 0.1) is 11.9 Å². The first-order chi connectivity index (χ1) is 13.6. The lowest BCUT2D eigenvalue weighted by Gasteiger charge is -2.15. The van der Waals surface area contributed by atoms with E-state index >= 15 is 0 Å². The Labute approximate surface area is 164 Å². The third kappa shape index (κ3) is 5.63. The molecule has 0 spiro atoms. The standard InChI is InChI=1S/C19H25N5O4/c1-13(2)17(22-25-4)14(3)21-20-12-15-8-6-7-9-16(15)18(23-26-5)19-24-28-11-10-27-19/h6-9,12-13H,10-11H2,1-5H3/b20-12+,21-14+,22-17+,23-18-. The monoisotopic (exact) mass is 387 g/mol. The van der Waals surface area contributed by atoms with E-state index in [1.54, 1.807) is 6.21 Å². The molecule has 28 heavy (non-hydrogen) atoms. The van der Waals surface area contributed by atoms with Crippen molar-refractivity contribution in [3.8, 4) is 0 Å². The van der Waals surface area contributed by atoms with Crippen molar-refractivity contribution >= 4 is 29.2 Å². The van der Waals surface area contributed by atoms with E-state index in [1.807, 2.05) is 45.0 Å². The number of oxime groups is 3. The molecule has 1 aliphatic heterocycles.